The lowest BCUT2D eigenvalue weighted by Crippen LogP contribution is -2.21. The van der Waals surface area contributed by atoms with Crippen LogP contribution in [0.25, 0.3) is 11.0 Å². The molecule has 0 radical (unpaired) electrons. The van der Waals surface area contributed by atoms with E-state index in [0.29, 0.717) is 12.5 Å². The average Bonchev–Trinajstić information content (AvgIpc) is 3.32. The third-order valence-electron chi connectivity index (χ3n) is 5.70. The number of ether oxygens (including phenoxy) is 1. The van der Waals surface area contributed by atoms with Crippen molar-refractivity contribution in [3.05, 3.63) is 40.5 Å². The number of nitrogens with two attached hydrogens (primary N) is 1. The van der Waals surface area contributed by atoms with Crippen molar-refractivity contribution >= 4 is 39.6 Å². The van der Waals surface area contributed by atoms with Crippen LogP contribution in [0.2, 0.25) is 0 Å². The van der Waals surface area contributed by atoms with Crippen LogP contribution in [0.3, 0.4) is 0 Å². The van der Waals surface area contributed by atoms with Crippen LogP contribution in [0.1, 0.15) is 41.1 Å². The van der Waals surface area contributed by atoms with Crippen LogP contribution < -0.4 is 10.5 Å². The van der Waals surface area contributed by atoms with Crippen molar-refractivity contribution in [1.29, 1.82) is 0 Å². The van der Waals surface area contributed by atoms with Crippen molar-refractivity contribution in [3.8, 4) is 5.75 Å². The summed E-state index contributed by atoms with van der Waals surface area (Å²) in [6.07, 6.45) is 4.41. The lowest BCUT2D eigenvalue weighted by Gasteiger charge is -2.18. The van der Waals surface area contributed by atoms with Crippen LogP contribution in [0.4, 0.5) is 5.95 Å². The molecular formula is C21H27IN6O. The summed E-state index contributed by atoms with van der Waals surface area (Å²) < 4.78 is 8.66. The fourth-order valence-corrected chi connectivity index (χ4v) is 4.80. The van der Waals surface area contributed by atoms with Crippen molar-refractivity contribution in [3.63, 3.8) is 0 Å². The maximum atomic E-state index is 6.05. The summed E-state index contributed by atoms with van der Waals surface area (Å²) in [5.74, 6) is 1.22. The maximum absolute atomic E-state index is 6.05. The summed E-state index contributed by atoms with van der Waals surface area (Å²) in [6, 6.07) is 2.24. The first-order valence-corrected chi connectivity index (χ1v) is 11.5. The SMILES string of the molecule is COc1c(C)cnc(Cn2c(CN3CCCC3)cc3c(CI)nc(N)nc32)c1C. The first-order chi connectivity index (χ1) is 14.0. The summed E-state index contributed by atoms with van der Waals surface area (Å²) in [5, 5.41) is 1.08. The number of rotatable bonds is 6. The molecule has 0 atom stereocenters. The Kier molecular flexibility index (Phi) is 5.91. The molecule has 0 unspecified atom stereocenters. The summed E-state index contributed by atoms with van der Waals surface area (Å²) in [6.45, 7) is 7.91. The molecular weight excluding hydrogens is 479 g/mol. The van der Waals surface area contributed by atoms with Gasteiger partial charge >= 0.3 is 0 Å². The van der Waals surface area contributed by atoms with Crippen molar-refractivity contribution in [2.24, 2.45) is 0 Å². The second-order valence-electron chi connectivity index (χ2n) is 7.65. The molecule has 0 saturated carbocycles. The van der Waals surface area contributed by atoms with E-state index in [9.17, 15) is 0 Å². The Hall–Kier alpha value is -1.94. The van der Waals surface area contributed by atoms with Gasteiger partial charge in [-0.05, 0) is 45.8 Å². The first kappa shape index (κ1) is 20.3. The molecule has 0 aliphatic carbocycles. The number of likely N-dealkylation sites (tertiary alicyclic amines) is 1. The summed E-state index contributed by atoms with van der Waals surface area (Å²) >= 11 is 2.34. The fraction of sp³-hybridized carbons (Fsp3) is 0.476. The number of methoxy groups -OCH3 is 1. The van der Waals surface area contributed by atoms with Crippen LogP contribution in [-0.2, 0) is 17.5 Å². The number of anilines is 1. The number of pyridine rings is 1. The Bertz CT molecular complexity index is 1040. The molecule has 0 bridgehead atoms. The Labute approximate surface area is 184 Å². The predicted molar refractivity (Wildman–Crippen MR) is 124 cm³/mol. The molecule has 8 heteroatoms. The number of hydrogen-bond donors (Lipinski definition) is 1. The highest BCUT2D eigenvalue weighted by atomic mass is 127. The van der Waals surface area contributed by atoms with Gasteiger partial charge in [0.1, 0.15) is 11.4 Å². The second kappa shape index (κ2) is 8.43. The number of aryl methyl sites for hydroxylation is 1. The van der Waals surface area contributed by atoms with Gasteiger partial charge in [-0.25, -0.2) is 4.98 Å². The molecule has 1 aliphatic rings. The first-order valence-electron chi connectivity index (χ1n) is 9.93. The Morgan fingerprint density at radius 2 is 1.90 bits per heavy atom. The van der Waals surface area contributed by atoms with Crippen LogP contribution in [0.15, 0.2) is 12.3 Å². The highest BCUT2D eigenvalue weighted by molar-refractivity contribution is 14.1. The minimum Gasteiger partial charge on any atom is -0.496 e. The quantitative estimate of drug-likeness (QED) is 0.407. The lowest BCUT2D eigenvalue weighted by molar-refractivity contribution is 0.322. The second-order valence-corrected chi connectivity index (χ2v) is 8.41. The number of nitrogen functional groups attached to an aromatic ring is 1. The molecule has 7 nitrogen and oxygen atoms in total. The zero-order valence-electron chi connectivity index (χ0n) is 17.2. The molecule has 1 aliphatic heterocycles. The molecule has 3 aromatic heterocycles. The maximum Gasteiger partial charge on any atom is 0.222 e. The molecule has 3 aromatic rings. The van der Waals surface area contributed by atoms with E-state index < -0.39 is 0 Å². The molecule has 0 aromatic carbocycles. The van der Waals surface area contributed by atoms with Gasteiger partial charge in [0.05, 0.1) is 25.0 Å². The third-order valence-corrected chi connectivity index (χ3v) is 6.43. The smallest absolute Gasteiger partial charge is 0.222 e. The molecule has 1 fully saturated rings. The van der Waals surface area contributed by atoms with E-state index in [1.807, 2.05) is 13.1 Å². The van der Waals surface area contributed by atoms with Crippen molar-refractivity contribution < 1.29 is 4.74 Å². The monoisotopic (exact) mass is 506 g/mol. The van der Waals surface area contributed by atoms with Gasteiger partial charge in [-0.3, -0.25) is 9.88 Å². The van der Waals surface area contributed by atoms with Gasteiger partial charge in [0, 0.05) is 39.4 Å². The van der Waals surface area contributed by atoms with Gasteiger partial charge < -0.3 is 15.0 Å². The van der Waals surface area contributed by atoms with Crippen LogP contribution in [-0.4, -0.2) is 44.6 Å². The van der Waals surface area contributed by atoms with E-state index in [-0.39, 0.29) is 0 Å². The van der Waals surface area contributed by atoms with Gasteiger partial charge in [0.25, 0.3) is 0 Å². The molecule has 1 saturated heterocycles. The van der Waals surface area contributed by atoms with E-state index in [1.54, 1.807) is 7.11 Å². The van der Waals surface area contributed by atoms with E-state index in [1.165, 1.54) is 18.5 Å². The van der Waals surface area contributed by atoms with Crippen molar-refractivity contribution in [2.45, 2.75) is 44.2 Å². The highest BCUT2D eigenvalue weighted by Gasteiger charge is 2.20. The van der Waals surface area contributed by atoms with Gasteiger partial charge in [0.15, 0.2) is 0 Å². The normalized spacial score (nSPS) is 14.8. The number of hydrogen-bond acceptors (Lipinski definition) is 6. The summed E-state index contributed by atoms with van der Waals surface area (Å²) in [7, 11) is 1.71. The van der Waals surface area contributed by atoms with Gasteiger partial charge in [-0.15, -0.1) is 0 Å². The Balaban J connectivity index is 1.84. The summed E-state index contributed by atoms with van der Waals surface area (Å²) in [4.78, 5) is 16.3. The molecule has 2 N–H and O–H groups in total. The van der Waals surface area contributed by atoms with Crippen molar-refractivity contribution in [1.82, 2.24) is 24.4 Å². The molecule has 4 rings (SSSR count). The van der Waals surface area contributed by atoms with E-state index in [4.69, 9.17) is 15.5 Å². The molecule has 0 amide bonds. The number of alkyl halides is 1. The zero-order valence-corrected chi connectivity index (χ0v) is 19.4. The minimum atomic E-state index is 0.322. The largest absolute Gasteiger partial charge is 0.496 e. The Morgan fingerprint density at radius 1 is 1.14 bits per heavy atom. The van der Waals surface area contributed by atoms with Crippen LogP contribution in [0.5, 0.6) is 5.75 Å². The molecule has 154 valence electrons. The van der Waals surface area contributed by atoms with Crippen LogP contribution >= 0.6 is 22.6 Å². The van der Waals surface area contributed by atoms with Gasteiger partial charge in [0.2, 0.25) is 5.95 Å². The number of aromatic nitrogens is 4. The van der Waals surface area contributed by atoms with E-state index >= 15 is 0 Å². The zero-order chi connectivity index (χ0) is 20.5. The Morgan fingerprint density at radius 3 is 2.59 bits per heavy atom. The van der Waals surface area contributed by atoms with Crippen molar-refractivity contribution in [2.75, 3.05) is 25.9 Å². The topological polar surface area (TPSA) is 82.1 Å². The van der Waals surface area contributed by atoms with Gasteiger partial charge in [-0.1, -0.05) is 22.6 Å². The number of fused-ring (bicyclic) bond motifs is 1. The minimum absolute atomic E-state index is 0.322. The summed E-state index contributed by atoms with van der Waals surface area (Å²) in [5.41, 5.74) is 12.2. The fourth-order valence-electron chi connectivity index (χ4n) is 4.21. The third kappa shape index (κ3) is 3.92. The lowest BCUT2D eigenvalue weighted by atomic mass is 10.1. The highest BCUT2D eigenvalue weighted by Crippen LogP contribution is 2.29. The van der Waals surface area contributed by atoms with Crippen LogP contribution in [0, 0.1) is 13.8 Å². The number of halogens is 1. The van der Waals surface area contributed by atoms with E-state index in [2.05, 4.69) is 55.0 Å². The molecule has 29 heavy (non-hydrogen) atoms. The number of nitrogens with zero attached hydrogens (tertiary/aromatic N) is 5. The molecule has 4 heterocycles. The van der Waals surface area contributed by atoms with Gasteiger partial charge in [-0.2, -0.15) is 4.98 Å². The predicted octanol–water partition coefficient (Wildman–Crippen LogP) is 3.61. The molecule has 0 spiro atoms. The van der Waals surface area contributed by atoms with E-state index in [0.717, 1.165) is 63.4 Å². The average molecular weight is 506 g/mol. The standard InChI is InChI=1S/C21H27IN6O/c1-13-10-24-18(14(2)19(13)29-3)12-28-15(11-27-6-4-5-7-27)8-16-17(9-22)25-21(23)26-20(16)28/h8,10H,4-7,9,11-12H2,1-3H3,(H2,23,25,26).